The van der Waals surface area contributed by atoms with Gasteiger partial charge in [0.05, 0.1) is 0 Å². The minimum absolute atomic E-state index is 0.274. The fourth-order valence-corrected chi connectivity index (χ4v) is 3.78. The largest absolute Gasteiger partial charge is 0.313 e. The van der Waals surface area contributed by atoms with Gasteiger partial charge in [-0.2, -0.15) is 0 Å². The lowest BCUT2D eigenvalue weighted by Gasteiger charge is -2.32. The maximum Gasteiger partial charge on any atom is 0.0115 e. The van der Waals surface area contributed by atoms with E-state index in [1.165, 1.54) is 37.0 Å². The predicted octanol–water partition coefficient (Wildman–Crippen LogP) is 4.58. The Bertz CT molecular complexity index is 334. The van der Waals surface area contributed by atoms with Crippen molar-refractivity contribution in [3.05, 3.63) is 22.4 Å². The molecule has 0 spiro atoms. The summed E-state index contributed by atoms with van der Waals surface area (Å²) in [7, 11) is 0. The minimum atomic E-state index is 0.274. The molecule has 0 aromatic carbocycles. The zero-order chi connectivity index (χ0) is 13.0. The number of thiophene rings is 1. The molecule has 0 atom stereocenters. The summed E-state index contributed by atoms with van der Waals surface area (Å²) in [6.45, 7) is 8.14. The molecule has 1 aromatic heterocycles. The van der Waals surface area contributed by atoms with E-state index in [1.807, 2.05) is 11.3 Å². The van der Waals surface area contributed by atoms with Gasteiger partial charge in [0, 0.05) is 22.9 Å². The molecule has 0 radical (unpaired) electrons. The molecule has 102 valence electrons. The second-order valence-corrected chi connectivity index (χ2v) is 7.32. The third-order valence-corrected chi connectivity index (χ3v) is 5.68. The highest BCUT2D eigenvalue weighted by Gasteiger charge is 2.25. The highest BCUT2D eigenvalue weighted by molar-refractivity contribution is 7.10. The quantitative estimate of drug-likeness (QED) is 0.821. The summed E-state index contributed by atoms with van der Waals surface area (Å²) >= 11 is 1.88. The van der Waals surface area contributed by atoms with Gasteiger partial charge in [0.2, 0.25) is 0 Å². The number of nitrogens with one attached hydrogen (secondary N) is 1. The molecule has 1 aliphatic rings. The van der Waals surface area contributed by atoms with Gasteiger partial charge < -0.3 is 5.32 Å². The third kappa shape index (κ3) is 3.58. The molecule has 0 amide bonds. The van der Waals surface area contributed by atoms with Gasteiger partial charge in [-0.3, -0.25) is 0 Å². The van der Waals surface area contributed by atoms with Crippen LogP contribution >= 0.6 is 11.3 Å². The van der Waals surface area contributed by atoms with Crippen LogP contribution in [-0.2, 0) is 5.41 Å². The van der Waals surface area contributed by atoms with E-state index in [2.05, 4.69) is 43.6 Å². The molecule has 0 aliphatic heterocycles. The van der Waals surface area contributed by atoms with Crippen LogP contribution in [0.4, 0.5) is 0 Å². The molecular weight excluding hydrogens is 238 g/mol. The number of hydrogen-bond acceptors (Lipinski definition) is 2. The van der Waals surface area contributed by atoms with Gasteiger partial charge >= 0.3 is 0 Å². The Hall–Kier alpha value is -0.340. The summed E-state index contributed by atoms with van der Waals surface area (Å²) in [5.41, 5.74) is 0.274. The molecule has 18 heavy (non-hydrogen) atoms. The summed E-state index contributed by atoms with van der Waals surface area (Å²) in [4.78, 5) is 1.50. The molecule has 0 bridgehead atoms. The molecule has 1 fully saturated rings. The normalized spacial score (nSPS) is 25.3. The van der Waals surface area contributed by atoms with E-state index >= 15 is 0 Å². The average molecular weight is 265 g/mol. The molecule has 0 unspecified atom stereocenters. The van der Waals surface area contributed by atoms with Crippen LogP contribution in [0.2, 0.25) is 0 Å². The van der Waals surface area contributed by atoms with Gasteiger partial charge in [0.1, 0.15) is 0 Å². The van der Waals surface area contributed by atoms with Crippen molar-refractivity contribution in [2.45, 2.75) is 64.3 Å². The Kier molecular flexibility index (Phi) is 4.85. The van der Waals surface area contributed by atoms with Crippen LogP contribution in [0.25, 0.3) is 0 Å². The lowest BCUT2D eigenvalue weighted by Crippen LogP contribution is -2.40. The Labute approximate surface area is 116 Å². The lowest BCUT2D eigenvalue weighted by molar-refractivity contribution is 0.275. The summed E-state index contributed by atoms with van der Waals surface area (Å²) in [6.07, 6.45) is 6.96. The topological polar surface area (TPSA) is 12.0 Å². The third-order valence-electron chi connectivity index (χ3n) is 4.44. The minimum Gasteiger partial charge on any atom is -0.313 e. The van der Waals surface area contributed by atoms with E-state index in [4.69, 9.17) is 0 Å². The van der Waals surface area contributed by atoms with Gasteiger partial charge in [-0.05, 0) is 43.0 Å². The molecular formula is C16H27NS. The van der Waals surface area contributed by atoms with Crippen molar-refractivity contribution in [1.29, 1.82) is 0 Å². The summed E-state index contributed by atoms with van der Waals surface area (Å²) in [5.74, 6) is 0.994. The van der Waals surface area contributed by atoms with Crippen molar-refractivity contribution in [3.63, 3.8) is 0 Å². The van der Waals surface area contributed by atoms with Crippen molar-refractivity contribution in [2.75, 3.05) is 6.54 Å². The fraction of sp³-hybridized carbons (Fsp3) is 0.750. The number of hydrogen-bond donors (Lipinski definition) is 1. The Balaban J connectivity index is 1.78. The molecule has 2 heteroatoms. The highest BCUT2D eigenvalue weighted by Crippen LogP contribution is 2.29. The first-order valence-corrected chi connectivity index (χ1v) is 8.27. The predicted molar refractivity (Wildman–Crippen MR) is 81.4 cm³/mol. The van der Waals surface area contributed by atoms with E-state index in [0.29, 0.717) is 0 Å². The van der Waals surface area contributed by atoms with E-state index < -0.39 is 0 Å². The first kappa shape index (κ1) is 14.1. The van der Waals surface area contributed by atoms with Crippen LogP contribution in [0.3, 0.4) is 0 Å². The molecule has 2 rings (SSSR count). The summed E-state index contributed by atoms with van der Waals surface area (Å²) in [6, 6.07) is 5.18. The molecule has 1 aromatic rings. The van der Waals surface area contributed by atoms with Crippen LogP contribution in [0.5, 0.6) is 0 Å². The maximum atomic E-state index is 3.80. The molecule has 1 saturated carbocycles. The fourth-order valence-electron chi connectivity index (χ4n) is 2.93. The van der Waals surface area contributed by atoms with E-state index in [1.54, 1.807) is 0 Å². The molecule has 1 heterocycles. The van der Waals surface area contributed by atoms with Gasteiger partial charge in [0.15, 0.2) is 0 Å². The molecule has 1 aliphatic carbocycles. The zero-order valence-electron chi connectivity index (χ0n) is 12.0. The van der Waals surface area contributed by atoms with Crippen LogP contribution < -0.4 is 5.32 Å². The van der Waals surface area contributed by atoms with Gasteiger partial charge in [0.25, 0.3) is 0 Å². The van der Waals surface area contributed by atoms with Crippen LogP contribution in [0.15, 0.2) is 17.5 Å². The molecule has 0 saturated heterocycles. The summed E-state index contributed by atoms with van der Waals surface area (Å²) < 4.78 is 0. The number of rotatable bonds is 5. The van der Waals surface area contributed by atoms with Crippen LogP contribution in [-0.4, -0.2) is 12.6 Å². The van der Waals surface area contributed by atoms with Crippen molar-refractivity contribution >= 4 is 11.3 Å². The Morgan fingerprint density at radius 3 is 2.56 bits per heavy atom. The van der Waals surface area contributed by atoms with E-state index in [0.717, 1.165) is 18.5 Å². The van der Waals surface area contributed by atoms with Crippen molar-refractivity contribution < 1.29 is 0 Å². The van der Waals surface area contributed by atoms with E-state index in [-0.39, 0.29) is 5.41 Å². The van der Waals surface area contributed by atoms with E-state index in [9.17, 15) is 0 Å². The SMILES string of the molecule is CCC1CCC(NCC(C)(C)c2cccs2)CC1. The lowest BCUT2D eigenvalue weighted by atomic mass is 9.83. The monoisotopic (exact) mass is 265 g/mol. The highest BCUT2D eigenvalue weighted by atomic mass is 32.1. The zero-order valence-corrected chi connectivity index (χ0v) is 12.9. The van der Waals surface area contributed by atoms with Crippen molar-refractivity contribution in [2.24, 2.45) is 5.92 Å². The first-order chi connectivity index (χ1) is 8.62. The smallest absolute Gasteiger partial charge is 0.0115 e. The van der Waals surface area contributed by atoms with Crippen molar-refractivity contribution in [3.8, 4) is 0 Å². The van der Waals surface area contributed by atoms with Gasteiger partial charge in [-0.15, -0.1) is 11.3 Å². The Morgan fingerprint density at radius 2 is 2.00 bits per heavy atom. The van der Waals surface area contributed by atoms with Gasteiger partial charge in [-0.1, -0.05) is 33.3 Å². The second kappa shape index (κ2) is 6.21. The van der Waals surface area contributed by atoms with Crippen LogP contribution in [0, 0.1) is 5.92 Å². The summed E-state index contributed by atoms with van der Waals surface area (Å²) in [5, 5.41) is 5.99. The first-order valence-electron chi connectivity index (χ1n) is 7.39. The molecule has 1 nitrogen and oxygen atoms in total. The average Bonchev–Trinajstić information content (AvgIpc) is 2.92. The second-order valence-electron chi connectivity index (χ2n) is 6.37. The van der Waals surface area contributed by atoms with Crippen molar-refractivity contribution in [1.82, 2.24) is 5.32 Å². The Morgan fingerprint density at radius 1 is 1.28 bits per heavy atom. The molecule has 1 N–H and O–H groups in total. The van der Waals surface area contributed by atoms with Crippen LogP contribution in [0.1, 0.15) is 57.8 Å². The maximum absolute atomic E-state index is 3.80. The standard InChI is InChI=1S/C16H27NS/c1-4-13-7-9-14(10-8-13)17-12-16(2,3)15-6-5-11-18-15/h5-6,11,13-14,17H,4,7-10,12H2,1-3H3. The van der Waals surface area contributed by atoms with Gasteiger partial charge in [-0.25, -0.2) is 0 Å².